The van der Waals surface area contributed by atoms with Gasteiger partial charge in [-0.3, -0.25) is 4.98 Å². The van der Waals surface area contributed by atoms with Crippen LogP contribution in [0.2, 0.25) is 0 Å². The number of β-amino-alcohol motifs (C(OH)–C–C–N with tert-alkyl or cyclic N) is 1. The van der Waals surface area contributed by atoms with E-state index in [0.29, 0.717) is 11.7 Å². The van der Waals surface area contributed by atoms with Gasteiger partial charge in [-0.25, -0.2) is 0 Å². The van der Waals surface area contributed by atoms with Crippen molar-refractivity contribution in [2.45, 2.75) is 18.9 Å². The topological polar surface area (TPSA) is 56.6 Å². The molecule has 1 aromatic carbocycles. The fourth-order valence-electron chi connectivity index (χ4n) is 3.10. The van der Waals surface area contributed by atoms with E-state index in [1.807, 2.05) is 24.3 Å². The first kappa shape index (κ1) is 15.0. The Balaban J connectivity index is 1.51. The molecule has 4 heteroatoms. The molecule has 1 fully saturated rings. The Bertz CT molecular complexity index is 586. The number of aliphatic hydroxyl groups is 1. The monoisotopic (exact) mass is 298 g/mol. The summed E-state index contributed by atoms with van der Waals surface area (Å²) < 4.78 is 0. The Labute approximate surface area is 131 Å². The predicted molar refractivity (Wildman–Crippen MR) is 85.7 cm³/mol. The lowest BCUT2D eigenvalue weighted by Gasteiger charge is -2.15. The van der Waals surface area contributed by atoms with Crippen molar-refractivity contribution in [3.8, 4) is 5.75 Å². The zero-order valence-corrected chi connectivity index (χ0v) is 12.6. The highest BCUT2D eigenvalue weighted by Crippen LogP contribution is 2.21. The minimum atomic E-state index is -0.256. The van der Waals surface area contributed by atoms with Crippen molar-refractivity contribution in [1.29, 1.82) is 0 Å². The first-order chi connectivity index (χ1) is 10.7. The lowest BCUT2D eigenvalue weighted by molar-refractivity contribution is 0.141. The Morgan fingerprint density at radius 1 is 1.00 bits per heavy atom. The number of aromatic hydroxyl groups is 1. The molecule has 3 rings (SSSR count). The van der Waals surface area contributed by atoms with Crippen LogP contribution in [0.3, 0.4) is 0 Å². The Morgan fingerprint density at radius 2 is 1.73 bits per heavy atom. The SMILES string of the molecule is Oc1ccc(CCN2C[C@@H](Cc3ccncc3)[C@@H](O)C2)cc1. The van der Waals surface area contributed by atoms with Crippen LogP contribution >= 0.6 is 0 Å². The summed E-state index contributed by atoms with van der Waals surface area (Å²) in [5, 5.41) is 19.6. The molecule has 4 nitrogen and oxygen atoms in total. The molecule has 0 amide bonds. The Morgan fingerprint density at radius 3 is 2.45 bits per heavy atom. The molecule has 2 aromatic rings. The molecule has 2 heterocycles. The van der Waals surface area contributed by atoms with Gasteiger partial charge in [-0.2, -0.15) is 0 Å². The zero-order valence-electron chi connectivity index (χ0n) is 12.6. The summed E-state index contributed by atoms with van der Waals surface area (Å²) in [5.74, 6) is 0.597. The molecule has 0 spiro atoms. The van der Waals surface area contributed by atoms with Crippen LogP contribution in [0.15, 0.2) is 48.8 Å². The average Bonchev–Trinajstić information content (AvgIpc) is 2.88. The van der Waals surface area contributed by atoms with Gasteiger partial charge >= 0.3 is 0 Å². The van der Waals surface area contributed by atoms with Gasteiger partial charge in [-0.1, -0.05) is 12.1 Å². The maximum Gasteiger partial charge on any atom is 0.115 e. The van der Waals surface area contributed by atoms with Gasteiger partial charge in [-0.05, 0) is 48.2 Å². The van der Waals surface area contributed by atoms with Crippen LogP contribution in [0.5, 0.6) is 5.75 Å². The summed E-state index contributed by atoms with van der Waals surface area (Å²) in [6.07, 6.45) is 5.19. The molecular formula is C18H22N2O2. The number of aliphatic hydroxyl groups excluding tert-OH is 1. The molecule has 0 bridgehead atoms. The van der Waals surface area contributed by atoms with Crippen LogP contribution in [0.1, 0.15) is 11.1 Å². The van der Waals surface area contributed by atoms with Crippen molar-refractivity contribution in [2.24, 2.45) is 5.92 Å². The third-order valence-electron chi connectivity index (χ3n) is 4.38. The van der Waals surface area contributed by atoms with E-state index in [-0.39, 0.29) is 6.10 Å². The molecule has 1 saturated heterocycles. The predicted octanol–water partition coefficient (Wildman–Crippen LogP) is 1.87. The lowest BCUT2D eigenvalue weighted by atomic mass is 9.97. The van der Waals surface area contributed by atoms with Crippen molar-refractivity contribution in [2.75, 3.05) is 19.6 Å². The number of hydrogen-bond donors (Lipinski definition) is 2. The fraction of sp³-hybridized carbons (Fsp3) is 0.389. The van der Waals surface area contributed by atoms with E-state index >= 15 is 0 Å². The zero-order chi connectivity index (χ0) is 15.4. The molecule has 2 N–H and O–H groups in total. The van der Waals surface area contributed by atoms with E-state index < -0.39 is 0 Å². The van der Waals surface area contributed by atoms with E-state index in [9.17, 15) is 10.2 Å². The van der Waals surface area contributed by atoms with E-state index in [2.05, 4.69) is 9.88 Å². The largest absolute Gasteiger partial charge is 0.508 e. The number of likely N-dealkylation sites (tertiary alicyclic amines) is 1. The lowest BCUT2D eigenvalue weighted by Crippen LogP contribution is -2.24. The number of phenolic OH excluding ortho intramolecular Hbond substituents is 1. The molecule has 1 aliphatic heterocycles. The Kier molecular flexibility index (Phi) is 4.71. The second kappa shape index (κ2) is 6.90. The molecule has 2 atom stereocenters. The van der Waals surface area contributed by atoms with Gasteiger partial charge in [-0.15, -0.1) is 0 Å². The van der Waals surface area contributed by atoms with E-state index in [1.165, 1.54) is 11.1 Å². The second-order valence-electron chi connectivity index (χ2n) is 6.06. The van der Waals surface area contributed by atoms with Gasteiger partial charge in [0.15, 0.2) is 0 Å². The maximum atomic E-state index is 10.3. The van der Waals surface area contributed by atoms with Crippen molar-refractivity contribution < 1.29 is 10.2 Å². The highest BCUT2D eigenvalue weighted by atomic mass is 16.3. The van der Waals surface area contributed by atoms with E-state index in [4.69, 9.17) is 0 Å². The maximum absolute atomic E-state index is 10.3. The summed E-state index contributed by atoms with van der Waals surface area (Å²) in [4.78, 5) is 6.36. The molecule has 0 unspecified atom stereocenters. The van der Waals surface area contributed by atoms with Gasteiger partial charge in [0, 0.05) is 37.9 Å². The average molecular weight is 298 g/mol. The van der Waals surface area contributed by atoms with E-state index in [0.717, 1.165) is 32.5 Å². The van der Waals surface area contributed by atoms with Crippen LogP contribution in [0.25, 0.3) is 0 Å². The number of phenols is 1. The number of rotatable bonds is 5. The van der Waals surface area contributed by atoms with E-state index in [1.54, 1.807) is 24.5 Å². The smallest absolute Gasteiger partial charge is 0.115 e. The number of hydrogen-bond acceptors (Lipinski definition) is 4. The number of benzene rings is 1. The van der Waals surface area contributed by atoms with Gasteiger partial charge < -0.3 is 15.1 Å². The van der Waals surface area contributed by atoms with Gasteiger partial charge in [0.1, 0.15) is 5.75 Å². The molecule has 0 saturated carbocycles. The quantitative estimate of drug-likeness (QED) is 0.885. The summed E-state index contributed by atoms with van der Waals surface area (Å²) in [6.45, 7) is 2.62. The third-order valence-corrected chi connectivity index (χ3v) is 4.38. The molecule has 1 aliphatic rings. The van der Waals surface area contributed by atoms with Crippen LogP contribution in [0.4, 0.5) is 0 Å². The summed E-state index contributed by atoms with van der Waals surface area (Å²) in [5.41, 5.74) is 2.45. The standard InChI is InChI=1S/C18H22N2O2/c21-17-3-1-14(2-4-17)7-10-20-12-16(18(22)13-20)11-15-5-8-19-9-6-15/h1-6,8-9,16,18,21-22H,7,10-13H2/t16-,18+/m1/s1. The highest BCUT2D eigenvalue weighted by Gasteiger charge is 2.30. The molecule has 1 aromatic heterocycles. The highest BCUT2D eigenvalue weighted by molar-refractivity contribution is 5.26. The van der Waals surface area contributed by atoms with Crippen molar-refractivity contribution >= 4 is 0 Å². The van der Waals surface area contributed by atoms with Crippen LogP contribution in [-0.2, 0) is 12.8 Å². The molecule has 116 valence electrons. The minimum absolute atomic E-state index is 0.256. The van der Waals surface area contributed by atoms with Crippen LogP contribution in [0, 0.1) is 5.92 Å². The first-order valence-electron chi connectivity index (χ1n) is 7.78. The summed E-state index contributed by atoms with van der Waals surface area (Å²) in [6, 6.07) is 11.4. The number of nitrogens with zero attached hydrogens (tertiary/aromatic N) is 2. The van der Waals surface area contributed by atoms with Crippen LogP contribution < -0.4 is 0 Å². The molecule has 0 radical (unpaired) electrons. The molecule has 22 heavy (non-hydrogen) atoms. The fourth-order valence-corrected chi connectivity index (χ4v) is 3.10. The second-order valence-corrected chi connectivity index (χ2v) is 6.06. The molecule has 0 aliphatic carbocycles. The number of pyridine rings is 1. The normalized spacial score (nSPS) is 22.0. The van der Waals surface area contributed by atoms with Crippen molar-refractivity contribution in [3.63, 3.8) is 0 Å². The van der Waals surface area contributed by atoms with Gasteiger partial charge in [0.2, 0.25) is 0 Å². The number of aromatic nitrogens is 1. The van der Waals surface area contributed by atoms with Gasteiger partial charge in [0.25, 0.3) is 0 Å². The summed E-state index contributed by atoms with van der Waals surface area (Å²) in [7, 11) is 0. The van der Waals surface area contributed by atoms with Gasteiger partial charge in [0.05, 0.1) is 6.10 Å². The minimum Gasteiger partial charge on any atom is -0.508 e. The third kappa shape index (κ3) is 3.84. The van der Waals surface area contributed by atoms with Crippen molar-refractivity contribution in [1.82, 2.24) is 9.88 Å². The Hall–Kier alpha value is -1.91. The first-order valence-corrected chi connectivity index (χ1v) is 7.78. The molecular weight excluding hydrogens is 276 g/mol. The summed E-state index contributed by atoms with van der Waals surface area (Å²) >= 11 is 0. The van der Waals surface area contributed by atoms with Crippen molar-refractivity contribution in [3.05, 3.63) is 59.9 Å². The van der Waals surface area contributed by atoms with Crippen LogP contribution in [-0.4, -0.2) is 45.8 Å².